The van der Waals surface area contributed by atoms with Crippen LogP contribution < -0.4 is 0 Å². The molecule has 0 amide bonds. The number of rotatable bonds is 3. The molecule has 2 atom stereocenters. The minimum Gasteiger partial charge on any atom is -0.298 e. The Morgan fingerprint density at radius 2 is 1.60 bits per heavy atom. The minimum absolute atomic E-state index is 0.0476. The smallest absolute Gasteiger partial charge is 0.155 e. The number of ketones is 1. The summed E-state index contributed by atoms with van der Waals surface area (Å²) >= 11 is 0. The Morgan fingerprint density at radius 3 is 2.25 bits per heavy atom. The van der Waals surface area contributed by atoms with Gasteiger partial charge in [0.2, 0.25) is 0 Å². The molecule has 102 valence electrons. The first-order valence-corrected chi connectivity index (χ1v) is 7.45. The van der Waals surface area contributed by atoms with Gasteiger partial charge >= 0.3 is 0 Å². The fourth-order valence-corrected chi connectivity index (χ4v) is 3.76. The molecule has 1 heteroatoms. The maximum atomic E-state index is 13.1. The fraction of sp³-hybridized carbons (Fsp3) is 0.316. The molecular weight excluding hydrogens is 244 g/mol. The summed E-state index contributed by atoms with van der Waals surface area (Å²) in [5.41, 5.74) is 3.13. The minimum atomic E-state index is -0.446. The van der Waals surface area contributed by atoms with Crippen LogP contribution in [0.4, 0.5) is 0 Å². The van der Waals surface area contributed by atoms with Crippen LogP contribution in [0, 0.1) is 0 Å². The molecule has 0 fully saturated rings. The Kier molecular flexibility index (Phi) is 3.21. The van der Waals surface area contributed by atoms with E-state index in [1.54, 1.807) is 0 Å². The zero-order chi connectivity index (χ0) is 14.2. The second-order valence-electron chi connectivity index (χ2n) is 5.54. The summed E-state index contributed by atoms with van der Waals surface area (Å²) < 4.78 is 0. The van der Waals surface area contributed by atoms with Crippen LogP contribution in [-0.4, -0.2) is 5.78 Å². The van der Waals surface area contributed by atoms with Crippen molar-refractivity contribution in [2.24, 2.45) is 0 Å². The van der Waals surface area contributed by atoms with Crippen molar-refractivity contribution in [2.75, 3.05) is 0 Å². The molecule has 0 saturated heterocycles. The van der Waals surface area contributed by atoms with Gasteiger partial charge in [0, 0.05) is 5.92 Å². The second kappa shape index (κ2) is 4.90. The van der Waals surface area contributed by atoms with Crippen molar-refractivity contribution < 1.29 is 4.79 Å². The molecule has 1 aliphatic carbocycles. The summed E-state index contributed by atoms with van der Waals surface area (Å²) in [5.74, 6) is 0.418. The largest absolute Gasteiger partial charge is 0.298 e. The van der Waals surface area contributed by atoms with E-state index in [0.717, 1.165) is 18.4 Å². The molecule has 0 aromatic heterocycles. The molecular formula is C19H20O. The number of benzene rings is 2. The monoisotopic (exact) mass is 264 g/mol. The van der Waals surface area contributed by atoms with Gasteiger partial charge in [0.1, 0.15) is 0 Å². The van der Waals surface area contributed by atoms with Gasteiger partial charge in [0.25, 0.3) is 0 Å². The van der Waals surface area contributed by atoms with E-state index in [1.807, 2.05) is 24.3 Å². The molecule has 0 unspecified atom stereocenters. The standard InChI is InChI=1S/C19H20O/c1-3-15-16-12-8-9-13-17(16)19(4-2,18(15)20)14-10-6-5-7-11-14/h5-13,15H,3-4H2,1-2H3/t15-,19-/m1/s1. The molecule has 0 spiro atoms. The Morgan fingerprint density at radius 1 is 0.950 bits per heavy atom. The van der Waals surface area contributed by atoms with Gasteiger partial charge in [-0.1, -0.05) is 68.4 Å². The fourth-order valence-electron chi connectivity index (χ4n) is 3.76. The SMILES string of the molecule is CC[C@H]1C(=O)[C@](CC)(c2ccccc2)c2ccccc21. The number of hydrogen-bond donors (Lipinski definition) is 0. The normalized spacial score (nSPS) is 24.7. The summed E-state index contributed by atoms with van der Waals surface area (Å²) in [7, 11) is 0. The van der Waals surface area contributed by atoms with Crippen molar-refractivity contribution in [1.29, 1.82) is 0 Å². The molecule has 0 radical (unpaired) electrons. The van der Waals surface area contributed by atoms with E-state index in [1.165, 1.54) is 11.1 Å². The number of hydrogen-bond acceptors (Lipinski definition) is 1. The predicted octanol–water partition coefficient (Wildman–Crippen LogP) is 4.46. The van der Waals surface area contributed by atoms with Crippen molar-refractivity contribution in [3.8, 4) is 0 Å². The van der Waals surface area contributed by atoms with E-state index in [2.05, 4.69) is 44.2 Å². The van der Waals surface area contributed by atoms with Crippen molar-refractivity contribution in [1.82, 2.24) is 0 Å². The van der Waals surface area contributed by atoms with E-state index in [0.29, 0.717) is 5.78 Å². The number of carbonyl (C=O) groups is 1. The maximum absolute atomic E-state index is 13.1. The molecule has 0 heterocycles. The molecule has 1 aliphatic rings. The summed E-state index contributed by atoms with van der Waals surface area (Å²) in [6.45, 7) is 4.23. The summed E-state index contributed by atoms with van der Waals surface area (Å²) in [6.07, 6.45) is 1.70. The molecule has 0 bridgehead atoms. The molecule has 2 aromatic rings. The van der Waals surface area contributed by atoms with Gasteiger partial charge in [-0.3, -0.25) is 4.79 Å². The van der Waals surface area contributed by atoms with E-state index < -0.39 is 5.41 Å². The van der Waals surface area contributed by atoms with Crippen LogP contribution >= 0.6 is 0 Å². The van der Waals surface area contributed by atoms with Crippen LogP contribution in [0.1, 0.15) is 49.3 Å². The average Bonchev–Trinajstić information content (AvgIpc) is 2.76. The third kappa shape index (κ3) is 1.59. The lowest BCUT2D eigenvalue weighted by Gasteiger charge is -2.28. The van der Waals surface area contributed by atoms with Gasteiger partial charge in [-0.25, -0.2) is 0 Å². The van der Waals surface area contributed by atoms with Gasteiger partial charge in [-0.15, -0.1) is 0 Å². The third-order valence-corrected chi connectivity index (χ3v) is 4.74. The van der Waals surface area contributed by atoms with Crippen LogP contribution in [0.25, 0.3) is 0 Å². The summed E-state index contributed by atoms with van der Waals surface area (Å²) in [6, 6.07) is 18.6. The lowest BCUT2D eigenvalue weighted by Crippen LogP contribution is -2.33. The molecule has 1 nitrogen and oxygen atoms in total. The van der Waals surface area contributed by atoms with Gasteiger partial charge in [-0.2, -0.15) is 0 Å². The highest BCUT2D eigenvalue weighted by Gasteiger charge is 2.50. The van der Waals surface area contributed by atoms with Gasteiger partial charge in [-0.05, 0) is 29.5 Å². The number of fused-ring (bicyclic) bond motifs is 1. The Bertz CT molecular complexity index is 629. The lowest BCUT2D eigenvalue weighted by atomic mass is 9.72. The van der Waals surface area contributed by atoms with E-state index in [-0.39, 0.29) is 5.92 Å². The highest BCUT2D eigenvalue weighted by Crippen LogP contribution is 2.50. The van der Waals surface area contributed by atoms with Crippen LogP contribution in [0.2, 0.25) is 0 Å². The lowest BCUT2D eigenvalue weighted by molar-refractivity contribution is -0.123. The van der Waals surface area contributed by atoms with Crippen LogP contribution in [0.15, 0.2) is 54.6 Å². The van der Waals surface area contributed by atoms with Crippen molar-refractivity contribution >= 4 is 5.78 Å². The Balaban J connectivity index is 2.29. The Labute approximate surface area is 120 Å². The molecule has 20 heavy (non-hydrogen) atoms. The quantitative estimate of drug-likeness (QED) is 0.800. The van der Waals surface area contributed by atoms with Crippen molar-refractivity contribution in [3.63, 3.8) is 0 Å². The molecule has 0 N–H and O–H groups in total. The highest BCUT2D eigenvalue weighted by atomic mass is 16.1. The van der Waals surface area contributed by atoms with Crippen molar-refractivity contribution in [3.05, 3.63) is 71.3 Å². The van der Waals surface area contributed by atoms with Crippen LogP contribution in [-0.2, 0) is 10.2 Å². The number of carbonyl (C=O) groups excluding carboxylic acids is 1. The Hall–Kier alpha value is -1.89. The van der Waals surface area contributed by atoms with E-state index in [4.69, 9.17) is 0 Å². The first-order chi connectivity index (χ1) is 9.75. The van der Waals surface area contributed by atoms with Crippen LogP contribution in [0.5, 0.6) is 0 Å². The average molecular weight is 264 g/mol. The first kappa shape index (κ1) is 13.1. The highest BCUT2D eigenvalue weighted by molar-refractivity contribution is 6.03. The summed E-state index contributed by atoms with van der Waals surface area (Å²) in [4.78, 5) is 13.1. The zero-order valence-electron chi connectivity index (χ0n) is 12.1. The maximum Gasteiger partial charge on any atom is 0.155 e. The number of Topliss-reactive ketones (excluding diaryl/α,β-unsaturated/α-hetero) is 1. The summed E-state index contributed by atoms with van der Waals surface area (Å²) in [5, 5.41) is 0. The predicted molar refractivity (Wildman–Crippen MR) is 82.0 cm³/mol. The van der Waals surface area contributed by atoms with Crippen molar-refractivity contribution in [2.45, 2.75) is 38.0 Å². The van der Waals surface area contributed by atoms with E-state index >= 15 is 0 Å². The van der Waals surface area contributed by atoms with E-state index in [9.17, 15) is 4.79 Å². The molecule has 0 aliphatic heterocycles. The van der Waals surface area contributed by atoms with Gasteiger partial charge in [0.05, 0.1) is 5.41 Å². The topological polar surface area (TPSA) is 17.1 Å². The zero-order valence-corrected chi connectivity index (χ0v) is 12.1. The molecule has 3 rings (SSSR count). The first-order valence-electron chi connectivity index (χ1n) is 7.45. The molecule has 2 aromatic carbocycles. The molecule has 0 saturated carbocycles. The van der Waals surface area contributed by atoms with Gasteiger partial charge < -0.3 is 0 Å². The second-order valence-corrected chi connectivity index (χ2v) is 5.54. The third-order valence-electron chi connectivity index (χ3n) is 4.74. The van der Waals surface area contributed by atoms with Gasteiger partial charge in [0.15, 0.2) is 5.78 Å². The van der Waals surface area contributed by atoms with Crippen LogP contribution in [0.3, 0.4) is 0 Å².